The highest BCUT2D eigenvalue weighted by Gasteiger charge is 2.43. The molecule has 0 bridgehead atoms. The van der Waals surface area contributed by atoms with Crippen LogP contribution in [0.3, 0.4) is 0 Å². The van der Waals surface area contributed by atoms with Crippen molar-refractivity contribution in [2.75, 3.05) is 6.61 Å². The maximum atomic E-state index is 13.3. The summed E-state index contributed by atoms with van der Waals surface area (Å²) in [7, 11) is 0. The number of hydrogen-bond donors (Lipinski definition) is 1. The van der Waals surface area contributed by atoms with Gasteiger partial charge in [0, 0.05) is 40.2 Å². The molecule has 0 spiro atoms. The Morgan fingerprint density at radius 3 is 2.47 bits per heavy atom. The van der Waals surface area contributed by atoms with E-state index in [-0.39, 0.29) is 17.2 Å². The van der Waals surface area contributed by atoms with Gasteiger partial charge in [0.15, 0.2) is 5.78 Å². The lowest BCUT2D eigenvalue weighted by atomic mass is 9.68. The molecule has 1 atom stereocenters. The number of Topliss-reactive ketones (excluding diaryl/α,β-unsaturated/α-hetero) is 1. The van der Waals surface area contributed by atoms with Gasteiger partial charge in [-0.1, -0.05) is 72.2 Å². The van der Waals surface area contributed by atoms with Gasteiger partial charge in [-0.25, -0.2) is 4.79 Å². The molecular weight excluding hydrogens is 466 g/mol. The summed E-state index contributed by atoms with van der Waals surface area (Å²) in [5.74, 6) is -0.700. The number of dihydropyridines is 1. The fourth-order valence-electron chi connectivity index (χ4n) is 4.68. The smallest absolute Gasteiger partial charge is 0.336 e. The van der Waals surface area contributed by atoms with Crippen LogP contribution in [0, 0.1) is 5.41 Å². The molecule has 4 rings (SSSR count). The second-order valence-electron chi connectivity index (χ2n) is 9.35. The number of allylic oxidation sites excluding steroid dienone is 3. The molecule has 0 radical (unpaired) electrons. The molecule has 1 N–H and O–H groups in total. The molecule has 0 saturated carbocycles. The molecule has 0 amide bonds. The van der Waals surface area contributed by atoms with Gasteiger partial charge >= 0.3 is 5.97 Å². The highest BCUT2D eigenvalue weighted by Crippen LogP contribution is 2.46. The summed E-state index contributed by atoms with van der Waals surface area (Å²) < 4.78 is 6.66. The van der Waals surface area contributed by atoms with Gasteiger partial charge in [0.25, 0.3) is 0 Å². The van der Waals surface area contributed by atoms with Gasteiger partial charge in [0.05, 0.1) is 12.2 Å². The van der Waals surface area contributed by atoms with Gasteiger partial charge in [-0.15, -0.1) is 0 Å². The largest absolute Gasteiger partial charge is 0.462 e. The predicted octanol–water partition coefficient (Wildman–Crippen LogP) is 5.84. The first-order valence-electron chi connectivity index (χ1n) is 11.0. The predicted molar refractivity (Wildman–Crippen MR) is 129 cm³/mol. The van der Waals surface area contributed by atoms with E-state index in [4.69, 9.17) is 4.74 Å². The van der Waals surface area contributed by atoms with Crippen LogP contribution in [0.2, 0.25) is 0 Å². The first-order chi connectivity index (χ1) is 15.2. The van der Waals surface area contributed by atoms with Gasteiger partial charge in [-0.05, 0) is 42.0 Å². The lowest BCUT2D eigenvalue weighted by Gasteiger charge is -2.39. The second kappa shape index (κ2) is 9.07. The summed E-state index contributed by atoms with van der Waals surface area (Å²) in [5, 5.41) is 3.38. The molecule has 32 heavy (non-hydrogen) atoms. The van der Waals surface area contributed by atoms with Gasteiger partial charge in [-0.3, -0.25) is 4.79 Å². The molecule has 0 fully saturated rings. The molecule has 2 aromatic carbocycles. The molecule has 5 heteroatoms. The average Bonchev–Trinajstić information content (AvgIpc) is 2.73. The van der Waals surface area contributed by atoms with Crippen LogP contribution in [0.25, 0.3) is 0 Å². The normalized spacial score (nSPS) is 20.0. The van der Waals surface area contributed by atoms with Gasteiger partial charge in [0.2, 0.25) is 0 Å². The number of benzene rings is 2. The number of carbonyl (C=O) groups excluding carboxylic acids is 2. The zero-order valence-electron chi connectivity index (χ0n) is 18.7. The summed E-state index contributed by atoms with van der Waals surface area (Å²) in [4.78, 5) is 26.6. The van der Waals surface area contributed by atoms with Crippen LogP contribution in [0.4, 0.5) is 0 Å². The fourth-order valence-corrected chi connectivity index (χ4v) is 4.94. The summed E-state index contributed by atoms with van der Waals surface area (Å²) in [6, 6.07) is 17.8. The molecule has 1 heterocycles. The van der Waals surface area contributed by atoms with E-state index >= 15 is 0 Å². The van der Waals surface area contributed by atoms with Crippen molar-refractivity contribution < 1.29 is 14.3 Å². The van der Waals surface area contributed by atoms with Crippen LogP contribution in [0.1, 0.15) is 50.7 Å². The fraction of sp³-hybridized carbons (Fsp3) is 0.333. The maximum Gasteiger partial charge on any atom is 0.336 e. The van der Waals surface area contributed by atoms with Gasteiger partial charge in [-0.2, -0.15) is 0 Å². The molecule has 1 aliphatic heterocycles. The van der Waals surface area contributed by atoms with Crippen LogP contribution in [-0.4, -0.2) is 18.4 Å². The number of rotatable bonds is 5. The van der Waals surface area contributed by atoms with Crippen LogP contribution in [-0.2, 0) is 20.7 Å². The monoisotopic (exact) mass is 493 g/mol. The molecule has 2 aromatic rings. The van der Waals surface area contributed by atoms with E-state index in [0.717, 1.165) is 33.4 Å². The van der Waals surface area contributed by atoms with Gasteiger partial charge in [0.1, 0.15) is 0 Å². The Kier molecular flexibility index (Phi) is 6.38. The first kappa shape index (κ1) is 22.5. The van der Waals surface area contributed by atoms with Crippen molar-refractivity contribution in [3.05, 3.63) is 92.7 Å². The number of nitrogens with one attached hydrogen (secondary N) is 1. The average molecular weight is 494 g/mol. The van der Waals surface area contributed by atoms with E-state index in [9.17, 15) is 9.59 Å². The van der Waals surface area contributed by atoms with Crippen LogP contribution in [0.15, 0.2) is 81.6 Å². The third kappa shape index (κ3) is 4.73. The van der Waals surface area contributed by atoms with Crippen LogP contribution < -0.4 is 5.32 Å². The second-order valence-corrected chi connectivity index (χ2v) is 10.3. The molecule has 4 nitrogen and oxygen atoms in total. The summed E-state index contributed by atoms with van der Waals surface area (Å²) >= 11 is 3.48. The number of hydrogen-bond acceptors (Lipinski definition) is 4. The minimum Gasteiger partial charge on any atom is -0.462 e. The van der Waals surface area contributed by atoms with Crippen molar-refractivity contribution >= 4 is 27.7 Å². The number of ether oxygens (including phenoxy) is 1. The van der Waals surface area contributed by atoms with Crippen molar-refractivity contribution in [2.24, 2.45) is 5.41 Å². The lowest BCUT2D eigenvalue weighted by Crippen LogP contribution is -2.38. The van der Waals surface area contributed by atoms with E-state index in [1.54, 1.807) is 0 Å². The minimum atomic E-state index is -0.424. The standard InChI is InChI=1S/C27H28BrNO3/c1-17-23(26(31)32-14-13-18-7-5-4-6-8-18)24(19-9-11-20(28)12-10-19)25-21(29-17)15-27(2,3)16-22(25)30/h4-12,24,29H,13-16H2,1-3H3. The Morgan fingerprint density at radius 1 is 1.09 bits per heavy atom. The molecule has 0 saturated heterocycles. The van der Waals surface area contributed by atoms with Crippen molar-refractivity contribution in [3.8, 4) is 0 Å². The molecule has 2 aliphatic rings. The zero-order valence-corrected chi connectivity index (χ0v) is 20.3. The number of esters is 1. The Morgan fingerprint density at radius 2 is 1.78 bits per heavy atom. The van der Waals surface area contributed by atoms with Crippen molar-refractivity contribution in [1.29, 1.82) is 0 Å². The van der Waals surface area contributed by atoms with E-state index < -0.39 is 5.92 Å². The third-order valence-corrected chi connectivity index (χ3v) is 6.66. The van der Waals surface area contributed by atoms with Gasteiger partial charge < -0.3 is 10.1 Å². The third-order valence-electron chi connectivity index (χ3n) is 6.13. The van der Waals surface area contributed by atoms with Crippen LogP contribution in [0.5, 0.6) is 0 Å². The lowest BCUT2D eigenvalue weighted by molar-refractivity contribution is -0.139. The molecule has 1 aliphatic carbocycles. The van der Waals surface area contributed by atoms with Crippen LogP contribution >= 0.6 is 15.9 Å². The summed E-state index contributed by atoms with van der Waals surface area (Å²) in [5.41, 5.74) is 4.83. The Hall–Kier alpha value is -2.66. The first-order valence-corrected chi connectivity index (χ1v) is 11.7. The quantitative estimate of drug-likeness (QED) is 0.531. The van der Waals surface area contributed by atoms with E-state index in [2.05, 4.69) is 35.1 Å². The van der Waals surface area contributed by atoms with Crippen molar-refractivity contribution in [2.45, 2.75) is 46.0 Å². The van der Waals surface area contributed by atoms with Crippen molar-refractivity contribution in [3.63, 3.8) is 0 Å². The SMILES string of the molecule is CC1=C(C(=O)OCCc2ccccc2)C(c2ccc(Br)cc2)C2=C(CC(C)(C)CC2=O)N1. The number of carbonyl (C=O) groups is 2. The van der Waals surface area contributed by atoms with E-state index in [0.29, 0.717) is 30.6 Å². The Labute approximate surface area is 197 Å². The summed E-state index contributed by atoms with van der Waals surface area (Å²) in [6.45, 7) is 6.41. The maximum absolute atomic E-state index is 13.3. The molecule has 1 unspecified atom stereocenters. The van der Waals surface area contributed by atoms with E-state index in [1.807, 2.05) is 61.5 Å². The Bertz CT molecular complexity index is 1100. The molecular formula is C27H28BrNO3. The zero-order chi connectivity index (χ0) is 22.9. The molecule has 0 aromatic heterocycles. The highest BCUT2D eigenvalue weighted by atomic mass is 79.9. The summed E-state index contributed by atoms with van der Waals surface area (Å²) in [6.07, 6.45) is 1.89. The number of ketones is 1. The van der Waals surface area contributed by atoms with Crippen molar-refractivity contribution in [1.82, 2.24) is 5.32 Å². The Balaban J connectivity index is 1.66. The minimum absolute atomic E-state index is 0.0961. The highest BCUT2D eigenvalue weighted by molar-refractivity contribution is 9.10. The number of halogens is 1. The van der Waals surface area contributed by atoms with E-state index in [1.165, 1.54) is 0 Å². The molecule has 166 valence electrons. The topological polar surface area (TPSA) is 55.4 Å².